The summed E-state index contributed by atoms with van der Waals surface area (Å²) in [5.74, 6) is -0.0330. The van der Waals surface area contributed by atoms with Crippen LogP contribution in [0.2, 0.25) is 0 Å². The van der Waals surface area contributed by atoms with Gasteiger partial charge in [0, 0.05) is 25.1 Å². The Hall–Kier alpha value is -1.78. The minimum absolute atomic E-state index is 0.131. The van der Waals surface area contributed by atoms with Crippen LogP contribution >= 0.6 is 22.6 Å². The molecule has 0 amide bonds. The van der Waals surface area contributed by atoms with Crippen LogP contribution in [-0.2, 0) is 6.42 Å². The molecule has 1 aromatic carbocycles. The minimum atomic E-state index is -0.557. The Labute approximate surface area is 120 Å². The third-order valence-corrected chi connectivity index (χ3v) is 3.13. The fourth-order valence-electron chi connectivity index (χ4n) is 1.44. The van der Waals surface area contributed by atoms with E-state index >= 15 is 0 Å². The van der Waals surface area contributed by atoms with E-state index in [1.54, 1.807) is 22.6 Å². The van der Waals surface area contributed by atoms with Crippen molar-refractivity contribution in [1.82, 2.24) is 10.1 Å². The number of nitrogens with one attached hydrogen (secondary N) is 1. The van der Waals surface area contributed by atoms with Crippen molar-refractivity contribution in [2.24, 2.45) is 0 Å². The Morgan fingerprint density at radius 1 is 1.53 bits per heavy atom. The van der Waals surface area contributed by atoms with Gasteiger partial charge in [0.05, 0.1) is 8.49 Å². The monoisotopic (exact) mass is 378 g/mol. The largest absolute Gasteiger partial charge is 0.379 e. The fourth-order valence-corrected chi connectivity index (χ4v) is 1.89. The highest BCUT2D eigenvalue weighted by molar-refractivity contribution is 14.1. The smallest absolute Gasteiger partial charge is 0.293 e. The summed E-state index contributed by atoms with van der Waals surface area (Å²) >= 11 is 1.71. The van der Waals surface area contributed by atoms with Crippen LogP contribution in [0.25, 0.3) is 0 Å². The Morgan fingerprint density at radius 3 is 2.95 bits per heavy atom. The molecule has 0 radical (unpaired) electrons. The second kappa shape index (κ2) is 5.91. The van der Waals surface area contributed by atoms with Gasteiger partial charge >= 0.3 is 0 Å². The predicted molar refractivity (Wildman–Crippen MR) is 72.3 cm³/mol. The van der Waals surface area contributed by atoms with Crippen molar-refractivity contribution in [2.75, 3.05) is 11.9 Å². The molecule has 1 aromatic heterocycles. The van der Waals surface area contributed by atoms with Crippen LogP contribution < -0.4 is 5.32 Å². The minimum Gasteiger partial charge on any atom is -0.379 e. The van der Waals surface area contributed by atoms with Crippen LogP contribution in [0.1, 0.15) is 5.82 Å². The first-order chi connectivity index (χ1) is 9.08. The molecule has 1 heterocycles. The molecule has 100 valence electrons. The summed E-state index contributed by atoms with van der Waals surface area (Å²) in [6.07, 6.45) is 1.61. The maximum atomic E-state index is 13.4. The van der Waals surface area contributed by atoms with Gasteiger partial charge in [0.25, 0.3) is 5.69 Å². The number of hydrogen-bond donors (Lipinski definition) is 1. The van der Waals surface area contributed by atoms with Gasteiger partial charge in [-0.05, 0) is 22.6 Å². The van der Waals surface area contributed by atoms with Crippen LogP contribution in [0.4, 0.5) is 15.8 Å². The van der Waals surface area contributed by atoms with Crippen molar-refractivity contribution in [3.8, 4) is 0 Å². The second-order valence-corrected chi connectivity index (χ2v) is 4.73. The quantitative estimate of drug-likeness (QED) is 0.488. The van der Waals surface area contributed by atoms with Crippen molar-refractivity contribution in [2.45, 2.75) is 6.42 Å². The number of anilines is 1. The molecule has 0 aliphatic carbocycles. The lowest BCUT2D eigenvalue weighted by atomic mass is 10.2. The van der Waals surface area contributed by atoms with E-state index in [-0.39, 0.29) is 14.9 Å². The number of nitrogens with zero attached hydrogens (tertiary/aromatic N) is 3. The first-order valence-corrected chi connectivity index (χ1v) is 6.28. The zero-order valence-corrected chi connectivity index (χ0v) is 11.6. The molecule has 0 saturated carbocycles. The summed E-state index contributed by atoms with van der Waals surface area (Å²) in [5.41, 5.74) is -0.0367. The van der Waals surface area contributed by atoms with Crippen LogP contribution in [-0.4, -0.2) is 21.6 Å². The van der Waals surface area contributed by atoms with Gasteiger partial charge in [0.2, 0.25) is 6.39 Å². The van der Waals surface area contributed by atoms with Gasteiger partial charge in [0.15, 0.2) is 5.82 Å². The van der Waals surface area contributed by atoms with E-state index in [1.807, 2.05) is 0 Å². The highest BCUT2D eigenvalue weighted by Gasteiger charge is 2.17. The highest BCUT2D eigenvalue weighted by atomic mass is 127. The van der Waals surface area contributed by atoms with Gasteiger partial charge in [-0.1, -0.05) is 5.16 Å². The van der Waals surface area contributed by atoms with Crippen molar-refractivity contribution < 1.29 is 13.8 Å². The standard InChI is InChI=1S/C10H8FIN4O3/c11-6-3-8(9(16(17)18)4-7(6)12)13-2-1-10-14-5-19-15-10/h3-5,13H,1-2H2. The Morgan fingerprint density at radius 2 is 2.32 bits per heavy atom. The van der Waals surface area contributed by atoms with Crippen LogP contribution in [0, 0.1) is 19.5 Å². The van der Waals surface area contributed by atoms with E-state index in [0.29, 0.717) is 18.8 Å². The van der Waals surface area contributed by atoms with Crippen LogP contribution in [0.15, 0.2) is 23.0 Å². The molecule has 9 heteroatoms. The SMILES string of the molecule is O=[N+]([O-])c1cc(I)c(F)cc1NCCc1ncon1. The summed E-state index contributed by atoms with van der Waals surface area (Å²) in [5, 5.41) is 17.3. The van der Waals surface area contributed by atoms with Gasteiger partial charge in [-0.2, -0.15) is 4.98 Å². The average molecular weight is 378 g/mol. The molecule has 0 unspecified atom stereocenters. The normalized spacial score (nSPS) is 10.4. The van der Waals surface area contributed by atoms with Crippen molar-refractivity contribution in [1.29, 1.82) is 0 Å². The molecule has 0 spiro atoms. The molecule has 2 rings (SSSR count). The van der Waals surface area contributed by atoms with E-state index in [4.69, 9.17) is 0 Å². The zero-order chi connectivity index (χ0) is 13.8. The molecule has 0 atom stereocenters. The van der Waals surface area contributed by atoms with E-state index in [0.717, 1.165) is 6.07 Å². The van der Waals surface area contributed by atoms with E-state index in [2.05, 4.69) is 20.0 Å². The number of halogens is 2. The number of rotatable bonds is 5. The second-order valence-electron chi connectivity index (χ2n) is 3.56. The highest BCUT2D eigenvalue weighted by Crippen LogP contribution is 2.28. The molecule has 0 aliphatic heterocycles. The predicted octanol–water partition coefficient (Wildman–Crippen LogP) is 2.38. The molecular weight excluding hydrogens is 370 g/mol. The number of hydrogen-bond acceptors (Lipinski definition) is 6. The molecule has 1 N–H and O–H groups in total. The van der Waals surface area contributed by atoms with Crippen LogP contribution in [0.5, 0.6) is 0 Å². The number of benzene rings is 1. The number of nitro benzene ring substituents is 1. The molecule has 0 saturated heterocycles. The lowest BCUT2D eigenvalue weighted by Gasteiger charge is -2.06. The maximum Gasteiger partial charge on any atom is 0.293 e. The summed E-state index contributed by atoms with van der Waals surface area (Å²) in [6, 6.07) is 2.29. The fraction of sp³-hybridized carbons (Fsp3) is 0.200. The topological polar surface area (TPSA) is 94.1 Å². The molecule has 2 aromatic rings. The summed E-state index contributed by atoms with van der Waals surface area (Å²) in [7, 11) is 0. The van der Waals surface area contributed by atoms with Crippen molar-refractivity contribution >= 4 is 34.0 Å². The molecule has 0 aliphatic rings. The van der Waals surface area contributed by atoms with Crippen molar-refractivity contribution in [3.05, 3.63) is 43.9 Å². The van der Waals surface area contributed by atoms with Gasteiger partial charge in [0.1, 0.15) is 11.5 Å². The summed E-state index contributed by atoms with van der Waals surface area (Å²) in [4.78, 5) is 14.1. The first kappa shape index (κ1) is 13.6. The lowest BCUT2D eigenvalue weighted by molar-refractivity contribution is -0.384. The van der Waals surface area contributed by atoms with Gasteiger partial charge < -0.3 is 9.84 Å². The van der Waals surface area contributed by atoms with Crippen molar-refractivity contribution in [3.63, 3.8) is 0 Å². The molecule has 0 bridgehead atoms. The Balaban J connectivity index is 2.10. The third-order valence-electron chi connectivity index (χ3n) is 2.31. The van der Waals surface area contributed by atoms with E-state index < -0.39 is 10.7 Å². The van der Waals surface area contributed by atoms with Gasteiger partial charge in [-0.3, -0.25) is 10.1 Å². The molecule has 0 fully saturated rings. The zero-order valence-electron chi connectivity index (χ0n) is 9.47. The Kier molecular flexibility index (Phi) is 4.24. The van der Waals surface area contributed by atoms with E-state index in [1.165, 1.54) is 12.5 Å². The number of nitro groups is 1. The lowest BCUT2D eigenvalue weighted by Crippen LogP contribution is -2.08. The van der Waals surface area contributed by atoms with E-state index in [9.17, 15) is 14.5 Å². The van der Waals surface area contributed by atoms with Gasteiger partial charge in [-0.25, -0.2) is 4.39 Å². The van der Waals surface area contributed by atoms with Gasteiger partial charge in [-0.15, -0.1) is 0 Å². The number of aromatic nitrogens is 2. The summed E-state index contributed by atoms with van der Waals surface area (Å²) < 4.78 is 18.2. The summed E-state index contributed by atoms with van der Waals surface area (Å²) in [6.45, 7) is 0.334. The maximum absolute atomic E-state index is 13.4. The van der Waals surface area contributed by atoms with Crippen LogP contribution in [0.3, 0.4) is 0 Å². The molecular formula is C10H8FIN4O3. The average Bonchev–Trinajstić information content (AvgIpc) is 2.86. The Bertz CT molecular complexity index is 591. The third kappa shape index (κ3) is 3.36. The molecule has 19 heavy (non-hydrogen) atoms. The molecule has 7 nitrogen and oxygen atoms in total. The first-order valence-electron chi connectivity index (χ1n) is 5.20.